The standard InChI is InChI=1S/C24H16S2/c1-2-7-22-25-20-14-12-16-8-3-5-10-18(16)23(20)24-19-11-6-4-9-17(19)13-15-21(24)26-22/h2-15H,1H2. The van der Waals surface area contributed by atoms with Crippen LogP contribution in [-0.2, 0) is 0 Å². The Kier molecular flexibility index (Phi) is 3.88. The maximum Gasteiger partial charge on any atom is 0.0499 e. The number of benzene rings is 4. The van der Waals surface area contributed by atoms with Crippen molar-refractivity contribution in [3.8, 4) is 11.1 Å². The molecule has 0 bridgehead atoms. The van der Waals surface area contributed by atoms with Gasteiger partial charge >= 0.3 is 0 Å². The highest BCUT2D eigenvalue weighted by molar-refractivity contribution is 8.22. The summed E-state index contributed by atoms with van der Waals surface area (Å²) in [4.78, 5) is 2.61. The highest BCUT2D eigenvalue weighted by Crippen LogP contribution is 2.53. The molecule has 0 aromatic heterocycles. The first-order valence-electron chi connectivity index (χ1n) is 8.57. The van der Waals surface area contributed by atoms with Crippen LogP contribution in [0.15, 0.2) is 106 Å². The van der Waals surface area contributed by atoms with Gasteiger partial charge in [-0.1, -0.05) is 96.8 Å². The van der Waals surface area contributed by atoms with Crippen molar-refractivity contribution < 1.29 is 0 Å². The summed E-state index contributed by atoms with van der Waals surface area (Å²) in [5.74, 6) is 0. The van der Waals surface area contributed by atoms with Crippen molar-refractivity contribution in [2.75, 3.05) is 0 Å². The molecule has 1 heterocycles. The Morgan fingerprint density at radius 1 is 0.615 bits per heavy atom. The third-order valence-electron chi connectivity index (χ3n) is 4.71. The first-order chi connectivity index (χ1) is 12.8. The summed E-state index contributed by atoms with van der Waals surface area (Å²) in [6.45, 7) is 3.89. The number of hydrogen-bond donors (Lipinski definition) is 0. The molecule has 4 aromatic rings. The van der Waals surface area contributed by atoms with E-state index in [0.29, 0.717) is 0 Å². The SMILES string of the molecule is C=CC=C1Sc2ccc3ccccc3c2-c2c(ccc3ccccc23)S1. The van der Waals surface area contributed by atoms with Crippen LogP contribution in [0.5, 0.6) is 0 Å². The second-order valence-corrected chi connectivity index (χ2v) is 8.67. The average Bonchev–Trinajstić information content (AvgIpc) is 2.84. The lowest BCUT2D eigenvalue weighted by molar-refractivity contribution is 1.44. The Labute approximate surface area is 161 Å². The highest BCUT2D eigenvalue weighted by Gasteiger charge is 2.22. The van der Waals surface area contributed by atoms with Gasteiger partial charge in [0.2, 0.25) is 0 Å². The molecule has 1 aliphatic heterocycles. The van der Waals surface area contributed by atoms with E-state index in [0.717, 1.165) is 0 Å². The maximum absolute atomic E-state index is 3.89. The molecule has 0 radical (unpaired) electrons. The molecule has 0 atom stereocenters. The third kappa shape index (κ3) is 2.49. The van der Waals surface area contributed by atoms with E-state index in [1.807, 2.05) is 29.6 Å². The average molecular weight is 369 g/mol. The van der Waals surface area contributed by atoms with E-state index in [1.54, 1.807) is 0 Å². The fraction of sp³-hybridized carbons (Fsp3) is 0. The highest BCUT2D eigenvalue weighted by atomic mass is 32.2. The lowest BCUT2D eigenvalue weighted by atomic mass is 9.94. The molecule has 4 aromatic carbocycles. The smallest absolute Gasteiger partial charge is 0.0499 e. The number of rotatable bonds is 1. The third-order valence-corrected chi connectivity index (χ3v) is 7.00. The Hall–Kier alpha value is -2.42. The summed E-state index contributed by atoms with van der Waals surface area (Å²) in [7, 11) is 0. The molecular formula is C24H16S2. The first-order valence-corrected chi connectivity index (χ1v) is 10.2. The van der Waals surface area contributed by atoms with Crippen LogP contribution in [0.25, 0.3) is 32.7 Å². The van der Waals surface area contributed by atoms with Crippen LogP contribution >= 0.6 is 23.5 Å². The summed E-state index contributed by atoms with van der Waals surface area (Å²) in [5, 5.41) is 5.20. The van der Waals surface area contributed by atoms with Gasteiger partial charge in [-0.25, -0.2) is 0 Å². The Morgan fingerprint density at radius 2 is 1.12 bits per heavy atom. The Morgan fingerprint density at radius 3 is 1.62 bits per heavy atom. The van der Waals surface area contributed by atoms with Gasteiger partial charge in [-0.15, -0.1) is 0 Å². The van der Waals surface area contributed by atoms with E-state index in [9.17, 15) is 0 Å². The molecule has 0 saturated heterocycles. The number of fused-ring (bicyclic) bond motifs is 7. The largest absolute Gasteiger partial charge is 0.0990 e. The molecule has 1 aliphatic rings. The summed E-state index contributed by atoms with van der Waals surface area (Å²) in [5.41, 5.74) is 2.69. The maximum atomic E-state index is 3.89. The topological polar surface area (TPSA) is 0 Å². The monoisotopic (exact) mass is 368 g/mol. The van der Waals surface area contributed by atoms with Crippen molar-refractivity contribution in [3.63, 3.8) is 0 Å². The molecule has 2 heteroatoms. The van der Waals surface area contributed by atoms with E-state index in [2.05, 4.69) is 85.5 Å². The molecule has 124 valence electrons. The zero-order valence-corrected chi connectivity index (χ0v) is 15.7. The minimum atomic E-state index is 1.26. The Balaban J connectivity index is 1.98. The van der Waals surface area contributed by atoms with Crippen LogP contribution in [0.3, 0.4) is 0 Å². The van der Waals surface area contributed by atoms with E-state index < -0.39 is 0 Å². The lowest BCUT2D eigenvalue weighted by Gasteiger charge is -2.14. The molecule has 0 unspecified atom stereocenters. The van der Waals surface area contributed by atoms with Crippen LogP contribution in [0.1, 0.15) is 0 Å². The number of thioether (sulfide) groups is 2. The fourth-order valence-corrected chi connectivity index (χ4v) is 5.96. The molecule has 0 aliphatic carbocycles. The summed E-state index contributed by atoms with van der Waals surface area (Å²) in [6, 6.07) is 26.4. The molecule has 0 spiro atoms. The molecule has 0 N–H and O–H groups in total. The first kappa shape index (κ1) is 15.8. The summed E-state index contributed by atoms with van der Waals surface area (Å²) < 4.78 is 1.26. The molecular weight excluding hydrogens is 352 g/mol. The quantitative estimate of drug-likeness (QED) is 0.335. The molecule has 0 amide bonds. The zero-order valence-electron chi connectivity index (χ0n) is 14.1. The van der Waals surface area contributed by atoms with Crippen LogP contribution in [0.4, 0.5) is 0 Å². The van der Waals surface area contributed by atoms with Gasteiger partial charge in [-0.05, 0) is 39.8 Å². The van der Waals surface area contributed by atoms with Crippen molar-refractivity contribution in [3.05, 3.63) is 95.8 Å². The van der Waals surface area contributed by atoms with Crippen molar-refractivity contribution in [2.24, 2.45) is 0 Å². The van der Waals surface area contributed by atoms with Gasteiger partial charge in [-0.3, -0.25) is 0 Å². The predicted molar refractivity (Wildman–Crippen MR) is 117 cm³/mol. The molecule has 26 heavy (non-hydrogen) atoms. The van der Waals surface area contributed by atoms with E-state index in [-0.39, 0.29) is 0 Å². The molecule has 0 saturated carbocycles. The van der Waals surface area contributed by atoms with Gasteiger partial charge in [0, 0.05) is 25.2 Å². The lowest BCUT2D eigenvalue weighted by Crippen LogP contribution is -1.88. The van der Waals surface area contributed by atoms with Gasteiger partial charge in [-0.2, -0.15) is 0 Å². The van der Waals surface area contributed by atoms with E-state index in [4.69, 9.17) is 0 Å². The van der Waals surface area contributed by atoms with Crippen LogP contribution in [0.2, 0.25) is 0 Å². The van der Waals surface area contributed by atoms with Gasteiger partial charge in [0.05, 0.1) is 0 Å². The Bertz CT molecular complexity index is 1110. The van der Waals surface area contributed by atoms with Gasteiger partial charge in [0.15, 0.2) is 0 Å². The van der Waals surface area contributed by atoms with E-state index in [1.165, 1.54) is 46.7 Å². The zero-order chi connectivity index (χ0) is 17.5. The number of allylic oxidation sites excluding steroid dienone is 2. The predicted octanol–water partition coefficient (Wildman–Crippen LogP) is 7.89. The second kappa shape index (κ2) is 6.39. The van der Waals surface area contributed by atoms with E-state index >= 15 is 0 Å². The molecule has 0 fully saturated rings. The van der Waals surface area contributed by atoms with Gasteiger partial charge in [0.1, 0.15) is 0 Å². The van der Waals surface area contributed by atoms with Gasteiger partial charge in [0.25, 0.3) is 0 Å². The van der Waals surface area contributed by atoms with Crippen LogP contribution < -0.4 is 0 Å². The van der Waals surface area contributed by atoms with Crippen LogP contribution in [0, 0.1) is 0 Å². The van der Waals surface area contributed by atoms with Crippen molar-refractivity contribution in [1.82, 2.24) is 0 Å². The minimum Gasteiger partial charge on any atom is -0.0990 e. The van der Waals surface area contributed by atoms with Crippen molar-refractivity contribution in [2.45, 2.75) is 9.79 Å². The fourth-order valence-electron chi connectivity index (χ4n) is 3.59. The van der Waals surface area contributed by atoms with Crippen molar-refractivity contribution in [1.29, 1.82) is 0 Å². The summed E-state index contributed by atoms with van der Waals surface area (Å²) in [6.07, 6.45) is 3.99. The van der Waals surface area contributed by atoms with Crippen LogP contribution in [-0.4, -0.2) is 0 Å². The van der Waals surface area contributed by atoms with Crippen molar-refractivity contribution >= 4 is 45.1 Å². The normalized spacial score (nSPS) is 13.2. The summed E-state index contributed by atoms with van der Waals surface area (Å²) >= 11 is 3.67. The molecule has 0 nitrogen and oxygen atoms in total. The second-order valence-electron chi connectivity index (χ2n) is 6.25. The molecule has 5 rings (SSSR count). The minimum absolute atomic E-state index is 1.26. The number of hydrogen-bond acceptors (Lipinski definition) is 2. The van der Waals surface area contributed by atoms with Gasteiger partial charge < -0.3 is 0 Å².